The van der Waals surface area contributed by atoms with Gasteiger partial charge in [-0.05, 0) is 19.8 Å². The molecule has 0 aromatic heterocycles. The molecule has 0 radical (unpaired) electrons. The topological polar surface area (TPSA) is 40.5 Å². The van der Waals surface area contributed by atoms with Crippen LogP contribution in [0.3, 0.4) is 0 Å². The van der Waals surface area contributed by atoms with E-state index in [0.29, 0.717) is 6.61 Å². The van der Waals surface area contributed by atoms with E-state index in [9.17, 15) is 0 Å². The van der Waals surface area contributed by atoms with Crippen LogP contribution in [0.5, 0.6) is 0 Å². The van der Waals surface area contributed by atoms with E-state index in [0.717, 1.165) is 25.7 Å². The second kappa shape index (κ2) is 10.0. The standard InChI is InChI=1S/C11H24O2/c1-11(13)9-7-5-3-2-4-6-8-10-12/h11-13H,2-10H2,1H3/t11-/m1/s1. The van der Waals surface area contributed by atoms with Crippen LogP contribution in [0, 0.1) is 0 Å². The van der Waals surface area contributed by atoms with E-state index in [2.05, 4.69) is 0 Å². The van der Waals surface area contributed by atoms with Gasteiger partial charge in [-0.25, -0.2) is 0 Å². The molecule has 0 aliphatic carbocycles. The van der Waals surface area contributed by atoms with E-state index < -0.39 is 0 Å². The Kier molecular flexibility index (Phi) is 9.94. The van der Waals surface area contributed by atoms with Crippen molar-refractivity contribution in [3.8, 4) is 0 Å². The molecule has 0 rings (SSSR count). The highest BCUT2D eigenvalue weighted by molar-refractivity contribution is 4.49. The Hall–Kier alpha value is -0.0800. The Morgan fingerprint density at radius 1 is 0.846 bits per heavy atom. The third-order valence-electron chi connectivity index (χ3n) is 2.28. The molecule has 0 aromatic carbocycles. The van der Waals surface area contributed by atoms with Crippen molar-refractivity contribution in [3.05, 3.63) is 0 Å². The second-order valence-electron chi connectivity index (χ2n) is 3.84. The first-order valence-electron chi connectivity index (χ1n) is 5.56. The Morgan fingerprint density at radius 3 is 1.77 bits per heavy atom. The van der Waals surface area contributed by atoms with Crippen molar-refractivity contribution in [1.29, 1.82) is 0 Å². The van der Waals surface area contributed by atoms with Crippen molar-refractivity contribution in [3.63, 3.8) is 0 Å². The van der Waals surface area contributed by atoms with Gasteiger partial charge in [-0.15, -0.1) is 0 Å². The normalized spacial score (nSPS) is 13.2. The molecule has 0 saturated heterocycles. The van der Waals surface area contributed by atoms with Crippen molar-refractivity contribution < 1.29 is 10.2 Å². The lowest BCUT2D eigenvalue weighted by Gasteiger charge is -2.03. The first-order chi connectivity index (χ1) is 6.27. The first kappa shape index (κ1) is 12.9. The van der Waals surface area contributed by atoms with Crippen LogP contribution in [0.4, 0.5) is 0 Å². The Morgan fingerprint density at radius 2 is 1.31 bits per heavy atom. The van der Waals surface area contributed by atoms with Crippen molar-refractivity contribution >= 4 is 0 Å². The quantitative estimate of drug-likeness (QED) is 0.546. The minimum Gasteiger partial charge on any atom is -0.396 e. The lowest BCUT2D eigenvalue weighted by atomic mass is 10.1. The summed E-state index contributed by atoms with van der Waals surface area (Å²) in [5.41, 5.74) is 0. The van der Waals surface area contributed by atoms with Crippen LogP contribution in [0.1, 0.15) is 58.3 Å². The molecule has 0 spiro atoms. The molecule has 80 valence electrons. The summed E-state index contributed by atoms with van der Waals surface area (Å²) in [7, 11) is 0. The highest BCUT2D eigenvalue weighted by atomic mass is 16.3. The molecule has 2 nitrogen and oxygen atoms in total. The second-order valence-corrected chi connectivity index (χ2v) is 3.84. The van der Waals surface area contributed by atoms with Crippen LogP contribution in [-0.2, 0) is 0 Å². The molecule has 0 bridgehead atoms. The fourth-order valence-corrected chi connectivity index (χ4v) is 1.44. The number of unbranched alkanes of at least 4 members (excludes halogenated alkanes) is 6. The summed E-state index contributed by atoms with van der Waals surface area (Å²) in [6.45, 7) is 2.18. The molecule has 0 aliphatic rings. The Bertz CT molecular complexity index is 92.1. The predicted octanol–water partition coefficient (Wildman–Crippen LogP) is 2.48. The molecular weight excluding hydrogens is 164 g/mol. The maximum Gasteiger partial charge on any atom is 0.0512 e. The van der Waals surface area contributed by atoms with Gasteiger partial charge in [-0.1, -0.05) is 38.5 Å². The van der Waals surface area contributed by atoms with E-state index in [4.69, 9.17) is 10.2 Å². The van der Waals surface area contributed by atoms with Crippen molar-refractivity contribution in [2.75, 3.05) is 6.61 Å². The molecular formula is C11H24O2. The highest BCUT2D eigenvalue weighted by Gasteiger charge is 1.95. The molecule has 0 fully saturated rings. The number of hydrogen-bond acceptors (Lipinski definition) is 2. The lowest BCUT2D eigenvalue weighted by molar-refractivity contribution is 0.180. The molecule has 0 amide bonds. The zero-order chi connectivity index (χ0) is 9.94. The maximum absolute atomic E-state index is 9.00. The number of hydrogen-bond donors (Lipinski definition) is 2. The first-order valence-corrected chi connectivity index (χ1v) is 5.56. The van der Waals surface area contributed by atoms with E-state index in [-0.39, 0.29) is 6.10 Å². The van der Waals surface area contributed by atoms with Crippen molar-refractivity contribution in [2.45, 2.75) is 64.4 Å². The average molecular weight is 188 g/mol. The summed E-state index contributed by atoms with van der Waals surface area (Å²) in [5.74, 6) is 0. The van der Waals surface area contributed by atoms with Crippen LogP contribution in [0.15, 0.2) is 0 Å². The van der Waals surface area contributed by atoms with Gasteiger partial charge < -0.3 is 10.2 Å². The minimum atomic E-state index is -0.130. The summed E-state index contributed by atoms with van der Waals surface area (Å²) in [6, 6.07) is 0. The van der Waals surface area contributed by atoms with Gasteiger partial charge in [0, 0.05) is 6.61 Å². The zero-order valence-electron chi connectivity index (χ0n) is 8.84. The van der Waals surface area contributed by atoms with Gasteiger partial charge in [0.1, 0.15) is 0 Å². The van der Waals surface area contributed by atoms with Gasteiger partial charge in [-0.2, -0.15) is 0 Å². The lowest BCUT2D eigenvalue weighted by Crippen LogP contribution is -1.98. The van der Waals surface area contributed by atoms with Crippen LogP contribution < -0.4 is 0 Å². The van der Waals surface area contributed by atoms with E-state index in [1.54, 1.807) is 0 Å². The zero-order valence-corrected chi connectivity index (χ0v) is 8.84. The molecule has 0 saturated carbocycles. The number of rotatable bonds is 9. The summed E-state index contributed by atoms with van der Waals surface area (Å²) in [5, 5.41) is 17.5. The van der Waals surface area contributed by atoms with Gasteiger partial charge in [0.25, 0.3) is 0 Å². The summed E-state index contributed by atoms with van der Waals surface area (Å²) < 4.78 is 0. The molecule has 0 aliphatic heterocycles. The van der Waals surface area contributed by atoms with Crippen molar-refractivity contribution in [2.24, 2.45) is 0 Å². The summed E-state index contributed by atoms with van der Waals surface area (Å²) in [4.78, 5) is 0. The van der Waals surface area contributed by atoms with Gasteiger partial charge in [0.05, 0.1) is 6.10 Å². The Labute approximate surface area is 82.0 Å². The summed E-state index contributed by atoms with van der Waals surface area (Å²) >= 11 is 0. The van der Waals surface area contributed by atoms with Crippen LogP contribution in [-0.4, -0.2) is 22.9 Å². The number of aliphatic hydroxyl groups excluding tert-OH is 2. The van der Waals surface area contributed by atoms with Gasteiger partial charge >= 0.3 is 0 Å². The molecule has 2 heteroatoms. The van der Waals surface area contributed by atoms with Gasteiger partial charge in [0.15, 0.2) is 0 Å². The molecule has 1 atom stereocenters. The van der Waals surface area contributed by atoms with Crippen molar-refractivity contribution in [1.82, 2.24) is 0 Å². The molecule has 0 heterocycles. The van der Waals surface area contributed by atoms with Crippen LogP contribution >= 0.6 is 0 Å². The largest absolute Gasteiger partial charge is 0.396 e. The minimum absolute atomic E-state index is 0.130. The third kappa shape index (κ3) is 11.9. The number of aliphatic hydroxyl groups is 2. The van der Waals surface area contributed by atoms with Gasteiger partial charge in [-0.3, -0.25) is 0 Å². The average Bonchev–Trinajstić information content (AvgIpc) is 2.09. The third-order valence-corrected chi connectivity index (χ3v) is 2.28. The molecule has 13 heavy (non-hydrogen) atoms. The maximum atomic E-state index is 9.00. The molecule has 0 unspecified atom stereocenters. The van der Waals surface area contributed by atoms with Crippen LogP contribution in [0.25, 0.3) is 0 Å². The SMILES string of the molecule is C[C@@H](O)CCCCCCCCCO. The fourth-order valence-electron chi connectivity index (χ4n) is 1.44. The van der Waals surface area contributed by atoms with E-state index in [1.807, 2.05) is 6.92 Å². The predicted molar refractivity (Wildman–Crippen MR) is 55.7 cm³/mol. The molecule has 2 N–H and O–H groups in total. The van der Waals surface area contributed by atoms with E-state index in [1.165, 1.54) is 25.7 Å². The van der Waals surface area contributed by atoms with E-state index >= 15 is 0 Å². The monoisotopic (exact) mass is 188 g/mol. The van der Waals surface area contributed by atoms with Crippen LogP contribution in [0.2, 0.25) is 0 Å². The highest BCUT2D eigenvalue weighted by Crippen LogP contribution is 2.09. The Balaban J connectivity index is 2.84. The molecule has 0 aromatic rings. The smallest absolute Gasteiger partial charge is 0.0512 e. The van der Waals surface area contributed by atoms with Gasteiger partial charge in [0.2, 0.25) is 0 Å². The summed E-state index contributed by atoms with van der Waals surface area (Å²) in [6.07, 6.45) is 9.11. The fraction of sp³-hybridized carbons (Fsp3) is 1.00.